The van der Waals surface area contributed by atoms with Gasteiger partial charge in [-0.15, -0.1) is 0 Å². The Balaban J connectivity index is 2.65. The molecular weight excluding hydrogens is 192 g/mol. The van der Waals surface area contributed by atoms with Gasteiger partial charge in [0.05, 0.1) is 13.0 Å². The molecule has 0 radical (unpaired) electrons. The summed E-state index contributed by atoms with van der Waals surface area (Å²) < 4.78 is 0. The molecule has 0 saturated carbocycles. The van der Waals surface area contributed by atoms with Crippen LogP contribution >= 0.6 is 0 Å². The molecule has 0 aliphatic carbocycles. The molecule has 0 aromatic heterocycles. The van der Waals surface area contributed by atoms with Gasteiger partial charge >= 0.3 is 5.97 Å². The number of benzene rings is 1. The minimum absolute atomic E-state index is 0.0321. The highest BCUT2D eigenvalue weighted by Crippen LogP contribution is 2.04. The number of aliphatic hydroxyl groups is 1. The number of hydrogen-bond donors (Lipinski definition) is 2. The SMILES string of the molecule is O=C(O)Cc1ccc(C#CCCO)cc1. The summed E-state index contributed by atoms with van der Waals surface area (Å²) in [5.74, 6) is 4.83. The third-order valence-electron chi connectivity index (χ3n) is 1.78. The fourth-order valence-corrected chi connectivity index (χ4v) is 1.10. The van der Waals surface area contributed by atoms with E-state index in [0.29, 0.717) is 6.42 Å². The summed E-state index contributed by atoms with van der Waals surface area (Å²) in [6.45, 7) is 0.0596. The van der Waals surface area contributed by atoms with Crippen LogP contribution in [0.2, 0.25) is 0 Å². The lowest BCUT2D eigenvalue weighted by molar-refractivity contribution is -0.136. The number of carboxylic acid groups (broad SMARTS) is 1. The number of aliphatic hydroxyl groups excluding tert-OH is 1. The highest BCUT2D eigenvalue weighted by Gasteiger charge is 1.98. The van der Waals surface area contributed by atoms with Gasteiger partial charge in [-0.2, -0.15) is 0 Å². The van der Waals surface area contributed by atoms with E-state index in [9.17, 15) is 4.79 Å². The molecule has 1 aromatic carbocycles. The minimum atomic E-state index is -0.839. The predicted molar refractivity (Wildman–Crippen MR) is 56.4 cm³/mol. The van der Waals surface area contributed by atoms with Crippen molar-refractivity contribution in [1.82, 2.24) is 0 Å². The highest BCUT2D eigenvalue weighted by molar-refractivity contribution is 5.70. The number of hydrogen-bond acceptors (Lipinski definition) is 2. The Kier molecular flexibility index (Phi) is 4.39. The Morgan fingerprint density at radius 3 is 2.47 bits per heavy atom. The van der Waals surface area contributed by atoms with Crippen LogP contribution in [0.3, 0.4) is 0 Å². The summed E-state index contributed by atoms with van der Waals surface area (Å²) in [6, 6.07) is 7.06. The summed E-state index contributed by atoms with van der Waals surface area (Å²) in [5, 5.41) is 17.1. The summed E-state index contributed by atoms with van der Waals surface area (Å²) in [4.78, 5) is 10.4. The van der Waals surface area contributed by atoms with Gasteiger partial charge in [-0.05, 0) is 17.7 Å². The van der Waals surface area contributed by atoms with E-state index in [1.165, 1.54) is 0 Å². The van der Waals surface area contributed by atoms with Crippen molar-refractivity contribution in [2.75, 3.05) is 6.61 Å². The fraction of sp³-hybridized carbons (Fsp3) is 0.250. The van der Waals surface area contributed by atoms with E-state index in [2.05, 4.69) is 11.8 Å². The van der Waals surface area contributed by atoms with E-state index in [4.69, 9.17) is 10.2 Å². The van der Waals surface area contributed by atoms with Gasteiger partial charge in [-0.1, -0.05) is 24.0 Å². The van der Waals surface area contributed by atoms with E-state index >= 15 is 0 Å². The number of carboxylic acids is 1. The van der Waals surface area contributed by atoms with Crippen molar-refractivity contribution in [3.63, 3.8) is 0 Å². The van der Waals surface area contributed by atoms with Crippen LogP contribution in [0.4, 0.5) is 0 Å². The lowest BCUT2D eigenvalue weighted by Gasteiger charge is -1.96. The monoisotopic (exact) mass is 204 g/mol. The summed E-state index contributed by atoms with van der Waals surface area (Å²) in [7, 11) is 0. The van der Waals surface area contributed by atoms with Crippen molar-refractivity contribution >= 4 is 5.97 Å². The Morgan fingerprint density at radius 2 is 1.93 bits per heavy atom. The van der Waals surface area contributed by atoms with Gasteiger partial charge in [0, 0.05) is 12.0 Å². The second-order valence-corrected chi connectivity index (χ2v) is 3.04. The van der Waals surface area contributed by atoms with Crippen LogP contribution in [0.5, 0.6) is 0 Å². The maximum absolute atomic E-state index is 10.4. The van der Waals surface area contributed by atoms with E-state index in [0.717, 1.165) is 11.1 Å². The number of carbonyl (C=O) groups is 1. The van der Waals surface area contributed by atoms with Crippen LogP contribution in [0.1, 0.15) is 17.5 Å². The minimum Gasteiger partial charge on any atom is -0.481 e. The summed E-state index contributed by atoms with van der Waals surface area (Å²) in [6.07, 6.45) is 0.487. The zero-order valence-corrected chi connectivity index (χ0v) is 8.23. The highest BCUT2D eigenvalue weighted by atomic mass is 16.4. The Labute approximate surface area is 88.4 Å². The Hall–Kier alpha value is -1.79. The topological polar surface area (TPSA) is 57.5 Å². The average molecular weight is 204 g/mol. The normalized spacial score (nSPS) is 9.13. The molecule has 1 aromatic rings. The second-order valence-electron chi connectivity index (χ2n) is 3.04. The quantitative estimate of drug-likeness (QED) is 0.723. The largest absolute Gasteiger partial charge is 0.481 e. The summed E-state index contributed by atoms with van der Waals surface area (Å²) in [5.41, 5.74) is 1.59. The van der Waals surface area contributed by atoms with Gasteiger partial charge in [0.2, 0.25) is 0 Å². The van der Waals surface area contributed by atoms with Crippen molar-refractivity contribution in [3.8, 4) is 11.8 Å². The zero-order chi connectivity index (χ0) is 11.1. The molecule has 1 rings (SSSR count). The molecule has 0 fully saturated rings. The van der Waals surface area contributed by atoms with Crippen LogP contribution in [-0.4, -0.2) is 22.8 Å². The second kappa shape index (κ2) is 5.84. The van der Waals surface area contributed by atoms with E-state index in [1.54, 1.807) is 24.3 Å². The van der Waals surface area contributed by atoms with Gasteiger partial charge in [-0.3, -0.25) is 4.79 Å². The third kappa shape index (κ3) is 4.30. The summed E-state index contributed by atoms with van der Waals surface area (Å²) >= 11 is 0. The first kappa shape index (κ1) is 11.3. The Bertz CT molecular complexity index is 382. The molecule has 0 aliphatic rings. The first-order valence-corrected chi connectivity index (χ1v) is 4.63. The Morgan fingerprint density at radius 1 is 1.27 bits per heavy atom. The fourth-order valence-electron chi connectivity index (χ4n) is 1.10. The maximum Gasteiger partial charge on any atom is 0.307 e. The smallest absolute Gasteiger partial charge is 0.307 e. The molecular formula is C12H12O3. The molecule has 0 unspecified atom stereocenters. The molecule has 3 nitrogen and oxygen atoms in total. The van der Waals surface area contributed by atoms with Crippen LogP contribution in [0.25, 0.3) is 0 Å². The number of rotatable bonds is 3. The van der Waals surface area contributed by atoms with Crippen LogP contribution in [0.15, 0.2) is 24.3 Å². The van der Waals surface area contributed by atoms with Gasteiger partial charge in [0.1, 0.15) is 0 Å². The molecule has 0 bridgehead atoms. The van der Waals surface area contributed by atoms with E-state index < -0.39 is 5.97 Å². The molecule has 0 aliphatic heterocycles. The van der Waals surface area contributed by atoms with Gasteiger partial charge in [0.15, 0.2) is 0 Å². The van der Waals surface area contributed by atoms with Gasteiger partial charge < -0.3 is 10.2 Å². The van der Waals surface area contributed by atoms with Crippen molar-refractivity contribution in [3.05, 3.63) is 35.4 Å². The number of aliphatic carboxylic acids is 1. The third-order valence-corrected chi connectivity index (χ3v) is 1.78. The standard InChI is InChI=1S/C12H12O3/c13-8-2-1-3-10-4-6-11(7-5-10)9-12(14)15/h4-7,13H,2,8-9H2,(H,14,15). The van der Waals surface area contributed by atoms with Crippen LogP contribution in [-0.2, 0) is 11.2 Å². The van der Waals surface area contributed by atoms with Gasteiger partial charge in [0.25, 0.3) is 0 Å². The zero-order valence-electron chi connectivity index (χ0n) is 8.23. The molecule has 0 amide bonds. The van der Waals surface area contributed by atoms with Crippen molar-refractivity contribution in [1.29, 1.82) is 0 Å². The van der Waals surface area contributed by atoms with Crippen molar-refractivity contribution in [2.45, 2.75) is 12.8 Å². The molecule has 0 saturated heterocycles. The van der Waals surface area contributed by atoms with E-state index in [1.807, 2.05) is 0 Å². The molecule has 0 heterocycles. The van der Waals surface area contributed by atoms with E-state index in [-0.39, 0.29) is 13.0 Å². The van der Waals surface area contributed by atoms with Crippen LogP contribution < -0.4 is 0 Å². The molecule has 15 heavy (non-hydrogen) atoms. The molecule has 0 spiro atoms. The predicted octanol–water partition coefficient (Wildman–Crippen LogP) is 1.05. The molecule has 3 heteroatoms. The lowest BCUT2D eigenvalue weighted by Crippen LogP contribution is -1.99. The van der Waals surface area contributed by atoms with Crippen LogP contribution in [0, 0.1) is 11.8 Å². The molecule has 2 N–H and O–H groups in total. The van der Waals surface area contributed by atoms with Crippen molar-refractivity contribution in [2.24, 2.45) is 0 Å². The lowest BCUT2D eigenvalue weighted by atomic mass is 10.1. The maximum atomic E-state index is 10.4. The first-order chi connectivity index (χ1) is 7.22. The van der Waals surface area contributed by atoms with Gasteiger partial charge in [-0.25, -0.2) is 0 Å². The first-order valence-electron chi connectivity index (χ1n) is 4.63. The molecule has 0 atom stereocenters. The van der Waals surface area contributed by atoms with Crippen molar-refractivity contribution < 1.29 is 15.0 Å². The average Bonchev–Trinajstić information content (AvgIpc) is 2.20. The molecule has 78 valence electrons.